The number of benzene rings is 1. The molecule has 1 aromatic carbocycles. The standard InChI is InChI=1S/C17H27FN2O2/c1-3-21-12-11-20-9-8-19(14-15(20)2)10-13-22-17-7-5-4-6-16(17)18/h4-7,15H,3,8-14H2,1-2H3/t15-/m0/s1. The second-order valence-electron chi connectivity index (χ2n) is 5.66. The van der Waals surface area contributed by atoms with Gasteiger partial charge in [0.15, 0.2) is 11.6 Å². The zero-order valence-corrected chi connectivity index (χ0v) is 13.6. The Labute approximate surface area is 132 Å². The highest BCUT2D eigenvalue weighted by Gasteiger charge is 2.23. The number of rotatable bonds is 8. The van der Waals surface area contributed by atoms with Crippen LogP contribution in [0, 0.1) is 5.82 Å². The van der Waals surface area contributed by atoms with Gasteiger partial charge < -0.3 is 9.47 Å². The first-order valence-corrected chi connectivity index (χ1v) is 8.12. The number of hydrogen-bond acceptors (Lipinski definition) is 4. The summed E-state index contributed by atoms with van der Waals surface area (Å²) in [6, 6.07) is 7.07. The summed E-state index contributed by atoms with van der Waals surface area (Å²) in [5, 5.41) is 0. The minimum Gasteiger partial charge on any atom is -0.489 e. The number of halogens is 1. The first-order valence-electron chi connectivity index (χ1n) is 8.12. The van der Waals surface area contributed by atoms with E-state index in [0.29, 0.717) is 18.4 Å². The molecule has 1 fully saturated rings. The molecule has 0 bridgehead atoms. The molecule has 0 aromatic heterocycles. The van der Waals surface area contributed by atoms with Gasteiger partial charge in [-0.3, -0.25) is 9.80 Å². The molecule has 1 heterocycles. The second kappa shape index (κ2) is 9.08. The topological polar surface area (TPSA) is 24.9 Å². The largest absolute Gasteiger partial charge is 0.489 e. The molecule has 1 aliphatic heterocycles. The molecule has 0 aliphatic carbocycles. The van der Waals surface area contributed by atoms with Crippen LogP contribution in [0.2, 0.25) is 0 Å². The molecule has 1 aromatic rings. The van der Waals surface area contributed by atoms with Gasteiger partial charge in [-0.25, -0.2) is 4.39 Å². The number of nitrogens with zero attached hydrogens (tertiary/aromatic N) is 2. The van der Waals surface area contributed by atoms with Crippen LogP contribution < -0.4 is 4.74 Å². The van der Waals surface area contributed by atoms with Crippen LogP contribution in [0.25, 0.3) is 0 Å². The Balaban J connectivity index is 1.67. The van der Waals surface area contributed by atoms with Gasteiger partial charge in [-0.15, -0.1) is 0 Å². The lowest BCUT2D eigenvalue weighted by atomic mass is 10.2. The molecule has 0 radical (unpaired) electrons. The van der Waals surface area contributed by atoms with E-state index in [4.69, 9.17) is 9.47 Å². The Morgan fingerprint density at radius 2 is 2.00 bits per heavy atom. The summed E-state index contributed by atoms with van der Waals surface area (Å²) in [5.74, 6) is 0.0440. The molecule has 0 spiro atoms. The van der Waals surface area contributed by atoms with Crippen molar-refractivity contribution in [3.63, 3.8) is 0 Å². The number of ether oxygens (including phenoxy) is 2. The number of para-hydroxylation sites is 1. The van der Waals surface area contributed by atoms with E-state index in [0.717, 1.165) is 45.9 Å². The first-order chi connectivity index (χ1) is 10.7. The van der Waals surface area contributed by atoms with E-state index >= 15 is 0 Å². The fraction of sp³-hybridized carbons (Fsp3) is 0.647. The van der Waals surface area contributed by atoms with Crippen molar-refractivity contribution in [2.24, 2.45) is 0 Å². The highest BCUT2D eigenvalue weighted by Crippen LogP contribution is 2.15. The van der Waals surface area contributed by atoms with Crippen molar-refractivity contribution >= 4 is 0 Å². The van der Waals surface area contributed by atoms with Gasteiger partial charge in [-0.2, -0.15) is 0 Å². The third-order valence-electron chi connectivity index (χ3n) is 4.08. The average Bonchev–Trinajstić information content (AvgIpc) is 2.51. The molecule has 5 heteroatoms. The van der Waals surface area contributed by atoms with Crippen LogP contribution in [0.4, 0.5) is 4.39 Å². The monoisotopic (exact) mass is 310 g/mol. The zero-order valence-electron chi connectivity index (χ0n) is 13.6. The fourth-order valence-electron chi connectivity index (χ4n) is 2.78. The predicted molar refractivity (Wildman–Crippen MR) is 85.9 cm³/mol. The van der Waals surface area contributed by atoms with Crippen molar-refractivity contribution in [2.45, 2.75) is 19.9 Å². The van der Waals surface area contributed by atoms with Crippen molar-refractivity contribution in [3.8, 4) is 5.75 Å². The van der Waals surface area contributed by atoms with Gasteiger partial charge in [0, 0.05) is 45.4 Å². The summed E-state index contributed by atoms with van der Waals surface area (Å²) in [7, 11) is 0. The van der Waals surface area contributed by atoms with Gasteiger partial charge in [0.25, 0.3) is 0 Å². The predicted octanol–water partition coefficient (Wildman–Crippen LogP) is 2.25. The molecule has 1 saturated heterocycles. The van der Waals surface area contributed by atoms with Crippen LogP contribution in [-0.4, -0.2) is 68.4 Å². The molecule has 124 valence electrons. The smallest absolute Gasteiger partial charge is 0.165 e. The summed E-state index contributed by atoms with van der Waals surface area (Å²) in [4.78, 5) is 4.84. The molecule has 4 nitrogen and oxygen atoms in total. The van der Waals surface area contributed by atoms with Gasteiger partial charge >= 0.3 is 0 Å². The van der Waals surface area contributed by atoms with Crippen molar-refractivity contribution in [1.29, 1.82) is 0 Å². The Bertz CT molecular complexity index is 444. The van der Waals surface area contributed by atoms with Crippen molar-refractivity contribution in [2.75, 3.05) is 52.5 Å². The van der Waals surface area contributed by atoms with E-state index in [-0.39, 0.29) is 5.82 Å². The highest BCUT2D eigenvalue weighted by molar-refractivity contribution is 5.23. The first kappa shape index (κ1) is 17.2. The van der Waals surface area contributed by atoms with E-state index in [1.807, 2.05) is 6.92 Å². The van der Waals surface area contributed by atoms with E-state index in [9.17, 15) is 4.39 Å². The average molecular weight is 310 g/mol. The maximum Gasteiger partial charge on any atom is 0.165 e. The van der Waals surface area contributed by atoms with E-state index in [2.05, 4.69) is 16.7 Å². The lowest BCUT2D eigenvalue weighted by molar-refractivity contribution is 0.0445. The maximum absolute atomic E-state index is 13.5. The summed E-state index contributed by atoms with van der Waals surface area (Å²) < 4.78 is 24.4. The summed E-state index contributed by atoms with van der Waals surface area (Å²) >= 11 is 0. The molecule has 1 aliphatic rings. The number of hydrogen-bond donors (Lipinski definition) is 0. The molecule has 22 heavy (non-hydrogen) atoms. The third kappa shape index (κ3) is 5.23. The van der Waals surface area contributed by atoms with Crippen LogP contribution in [-0.2, 0) is 4.74 Å². The van der Waals surface area contributed by atoms with Crippen molar-refractivity contribution in [1.82, 2.24) is 9.80 Å². The SMILES string of the molecule is CCOCCN1CCN(CCOc2ccccc2F)C[C@@H]1C. The lowest BCUT2D eigenvalue weighted by Gasteiger charge is -2.39. The summed E-state index contributed by atoms with van der Waals surface area (Å²) in [6.45, 7) is 11.3. The van der Waals surface area contributed by atoms with Crippen LogP contribution >= 0.6 is 0 Å². The number of piperazine rings is 1. The highest BCUT2D eigenvalue weighted by atomic mass is 19.1. The third-order valence-corrected chi connectivity index (χ3v) is 4.08. The fourth-order valence-corrected chi connectivity index (χ4v) is 2.78. The molecule has 0 saturated carbocycles. The molecule has 2 rings (SSSR count). The van der Waals surface area contributed by atoms with Crippen LogP contribution in [0.5, 0.6) is 5.75 Å². The zero-order chi connectivity index (χ0) is 15.8. The maximum atomic E-state index is 13.5. The van der Waals surface area contributed by atoms with E-state index in [1.54, 1.807) is 18.2 Å². The van der Waals surface area contributed by atoms with Crippen LogP contribution in [0.1, 0.15) is 13.8 Å². The van der Waals surface area contributed by atoms with Crippen LogP contribution in [0.15, 0.2) is 24.3 Å². The molecule has 0 N–H and O–H groups in total. The van der Waals surface area contributed by atoms with Crippen molar-refractivity contribution < 1.29 is 13.9 Å². The minimum atomic E-state index is -0.295. The molecule has 1 atom stereocenters. The second-order valence-corrected chi connectivity index (χ2v) is 5.66. The quantitative estimate of drug-likeness (QED) is 0.688. The van der Waals surface area contributed by atoms with Gasteiger partial charge in [0.05, 0.1) is 6.61 Å². The van der Waals surface area contributed by atoms with Gasteiger partial charge in [0.1, 0.15) is 6.61 Å². The van der Waals surface area contributed by atoms with Gasteiger partial charge in [-0.05, 0) is 26.0 Å². The minimum absolute atomic E-state index is 0.295. The van der Waals surface area contributed by atoms with E-state index in [1.165, 1.54) is 6.07 Å². The Hall–Kier alpha value is -1.17. The van der Waals surface area contributed by atoms with Gasteiger partial charge in [0.2, 0.25) is 0 Å². The van der Waals surface area contributed by atoms with Gasteiger partial charge in [-0.1, -0.05) is 12.1 Å². The molecule has 0 amide bonds. The van der Waals surface area contributed by atoms with Crippen molar-refractivity contribution in [3.05, 3.63) is 30.1 Å². The summed E-state index contributed by atoms with van der Waals surface area (Å²) in [6.07, 6.45) is 0. The molecular formula is C17H27FN2O2. The normalized spacial score (nSPS) is 20.2. The Kier molecular flexibility index (Phi) is 7.09. The lowest BCUT2D eigenvalue weighted by Crippen LogP contribution is -2.53. The molecule has 0 unspecified atom stereocenters. The van der Waals surface area contributed by atoms with E-state index < -0.39 is 0 Å². The van der Waals surface area contributed by atoms with Crippen LogP contribution in [0.3, 0.4) is 0 Å². The Morgan fingerprint density at radius 3 is 2.73 bits per heavy atom. The Morgan fingerprint density at radius 1 is 1.18 bits per heavy atom. The summed E-state index contributed by atoms with van der Waals surface area (Å²) in [5.41, 5.74) is 0. The molecular weight excluding hydrogens is 283 g/mol.